The van der Waals surface area contributed by atoms with Crippen molar-refractivity contribution in [3.8, 4) is 5.75 Å². The SMILES string of the molecule is COc1cccnc1NCCC(C)Cl. The van der Waals surface area contributed by atoms with Crippen molar-refractivity contribution >= 4 is 17.4 Å². The summed E-state index contributed by atoms with van der Waals surface area (Å²) in [5.41, 5.74) is 0. The fourth-order valence-electron chi connectivity index (χ4n) is 1.08. The van der Waals surface area contributed by atoms with Crippen LogP contribution in [-0.4, -0.2) is 24.0 Å². The second-order valence-electron chi connectivity index (χ2n) is 3.05. The molecule has 1 unspecified atom stereocenters. The smallest absolute Gasteiger partial charge is 0.168 e. The Kier molecular flexibility index (Phi) is 4.53. The van der Waals surface area contributed by atoms with E-state index >= 15 is 0 Å². The minimum atomic E-state index is 0.178. The Morgan fingerprint density at radius 1 is 1.64 bits per heavy atom. The molecule has 1 N–H and O–H groups in total. The lowest BCUT2D eigenvalue weighted by Gasteiger charge is -2.09. The van der Waals surface area contributed by atoms with Gasteiger partial charge in [0.05, 0.1) is 7.11 Å². The van der Waals surface area contributed by atoms with Crippen molar-refractivity contribution in [3.05, 3.63) is 18.3 Å². The van der Waals surface area contributed by atoms with Gasteiger partial charge in [0.25, 0.3) is 0 Å². The van der Waals surface area contributed by atoms with Crippen LogP contribution in [0.3, 0.4) is 0 Å². The number of methoxy groups -OCH3 is 1. The molecule has 0 aliphatic heterocycles. The van der Waals surface area contributed by atoms with Gasteiger partial charge in [0.15, 0.2) is 11.6 Å². The number of hydrogen-bond acceptors (Lipinski definition) is 3. The lowest BCUT2D eigenvalue weighted by molar-refractivity contribution is 0.415. The number of halogens is 1. The minimum Gasteiger partial charge on any atom is -0.493 e. The third kappa shape index (κ3) is 3.42. The largest absolute Gasteiger partial charge is 0.493 e. The molecular weight excluding hydrogens is 200 g/mol. The highest BCUT2D eigenvalue weighted by Gasteiger charge is 2.02. The van der Waals surface area contributed by atoms with Gasteiger partial charge in [-0.1, -0.05) is 0 Å². The Morgan fingerprint density at radius 3 is 3.07 bits per heavy atom. The van der Waals surface area contributed by atoms with Crippen LogP contribution in [0, 0.1) is 0 Å². The zero-order valence-electron chi connectivity index (χ0n) is 8.46. The molecule has 1 atom stereocenters. The van der Waals surface area contributed by atoms with Crippen molar-refractivity contribution in [1.82, 2.24) is 4.98 Å². The van der Waals surface area contributed by atoms with Gasteiger partial charge in [-0.05, 0) is 25.5 Å². The monoisotopic (exact) mass is 214 g/mol. The molecule has 0 aliphatic carbocycles. The maximum Gasteiger partial charge on any atom is 0.168 e. The van der Waals surface area contributed by atoms with E-state index in [2.05, 4.69) is 10.3 Å². The van der Waals surface area contributed by atoms with E-state index in [9.17, 15) is 0 Å². The van der Waals surface area contributed by atoms with Crippen LogP contribution in [0.1, 0.15) is 13.3 Å². The van der Waals surface area contributed by atoms with E-state index in [0.29, 0.717) is 0 Å². The van der Waals surface area contributed by atoms with E-state index in [1.807, 2.05) is 19.1 Å². The summed E-state index contributed by atoms with van der Waals surface area (Å²) in [5.74, 6) is 1.53. The molecule has 0 saturated heterocycles. The van der Waals surface area contributed by atoms with E-state index in [-0.39, 0.29) is 5.38 Å². The first kappa shape index (κ1) is 11.1. The Morgan fingerprint density at radius 2 is 2.43 bits per heavy atom. The van der Waals surface area contributed by atoms with E-state index in [0.717, 1.165) is 24.5 Å². The second kappa shape index (κ2) is 5.70. The maximum atomic E-state index is 5.83. The van der Waals surface area contributed by atoms with Crippen LogP contribution in [0.4, 0.5) is 5.82 Å². The average molecular weight is 215 g/mol. The molecule has 1 aromatic rings. The molecule has 1 heterocycles. The summed E-state index contributed by atoms with van der Waals surface area (Å²) in [6, 6.07) is 3.72. The van der Waals surface area contributed by atoms with Crippen molar-refractivity contribution in [2.24, 2.45) is 0 Å². The first-order valence-corrected chi connectivity index (χ1v) is 5.04. The van der Waals surface area contributed by atoms with Crippen molar-refractivity contribution in [1.29, 1.82) is 0 Å². The number of ether oxygens (including phenoxy) is 1. The Labute approximate surface area is 89.4 Å². The molecule has 78 valence electrons. The molecule has 14 heavy (non-hydrogen) atoms. The van der Waals surface area contributed by atoms with Crippen LogP contribution in [0.15, 0.2) is 18.3 Å². The van der Waals surface area contributed by atoms with Gasteiger partial charge < -0.3 is 10.1 Å². The van der Waals surface area contributed by atoms with Gasteiger partial charge in [-0.3, -0.25) is 0 Å². The zero-order chi connectivity index (χ0) is 10.4. The molecule has 0 aromatic carbocycles. The van der Waals surface area contributed by atoms with E-state index < -0.39 is 0 Å². The summed E-state index contributed by atoms with van der Waals surface area (Å²) in [6.07, 6.45) is 2.64. The molecule has 4 heteroatoms. The molecule has 1 rings (SSSR count). The number of rotatable bonds is 5. The number of aromatic nitrogens is 1. The van der Waals surface area contributed by atoms with Gasteiger partial charge in [-0.15, -0.1) is 11.6 Å². The van der Waals surface area contributed by atoms with Crippen LogP contribution >= 0.6 is 11.6 Å². The summed E-state index contributed by atoms with van der Waals surface area (Å²) in [6.45, 7) is 2.77. The Balaban J connectivity index is 2.49. The fourth-order valence-corrected chi connectivity index (χ4v) is 1.19. The summed E-state index contributed by atoms with van der Waals surface area (Å²) in [4.78, 5) is 4.17. The summed E-state index contributed by atoms with van der Waals surface area (Å²) in [7, 11) is 1.63. The van der Waals surface area contributed by atoms with E-state index in [1.54, 1.807) is 13.3 Å². The molecule has 0 aliphatic rings. The number of pyridine rings is 1. The number of anilines is 1. The molecule has 0 radical (unpaired) electrons. The molecule has 0 amide bonds. The lowest BCUT2D eigenvalue weighted by atomic mass is 10.3. The maximum absolute atomic E-state index is 5.83. The molecule has 0 saturated carbocycles. The highest BCUT2D eigenvalue weighted by atomic mass is 35.5. The standard InChI is InChI=1S/C10H15ClN2O/c1-8(11)5-7-13-10-9(14-2)4-3-6-12-10/h3-4,6,8H,5,7H2,1-2H3,(H,12,13). The van der Waals surface area contributed by atoms with Crippen molar-refractivity contribution in [3.63, 3.8) is 0 Å². The molecule has 0 bridgehead atoms. The zero-order valence-corrected chi connectivity index (χ0v) is 9.21. The fraction of sp³-hybridized carbons (Fsp3) is 0.500. The minimum absolute atomic E-state index is 0.178. The highest BCUT2D eigenvalue weighted by Crippen LogP contribution is 2.19. The first-order valence-electron chi connectivity index (χ1n) is 4.61. The van der Waals surface area contributed by atoms with Crippen molar-refractivity contribution < 1.29 is 4.74 Å². The summed E-state index contributed by atoms with van der Waals surface area (Å²) in [5, 5.41) is 3.35. The number of nitrogens with zero attached hydrogens (tertiary/aromatic N) is 1. The summed E-state index contributed by atoms with van der Waals surface area (Å²) >= 11 is 5.83. The topological polar surface area (TPSA) is 34.1 Å². The van der Waals surface area contributed by atoms with Crippen LogP contribution in [0.25, 0.3) is 0 Å². The predicted octanol–water partition coefficient (Wildman–Crippen LogP) is 2.52. The van der Waals surface area contributed by atoms with Crippen LogP contribution in [0.5, 0.6) is 5.75 Å². The van der Waals surface area contributed by atoms with E-state index in [4.69, 9.17) is 16.3 Å². The first-order chi connectivity index (χ1) is 6.74. The molecule has 0 fully saturated rings. The van der Waals surface area contributed by atoms with Crippen molar-refractivity contribution in [2.75, 3.05) is 19.0 Å². The molecular formula is C10H15ClN2O. The molecule has 0 spiro atoms. The highest BCUT2D eigenvalue weighted by molar-refractivity contribution is 6.20. The van der Waals surface area contributed by atoms with Gasteiger partial charge in [0, 0.05) is 18.1 Å². The number of nitrogens with one attached hydrogen (secondary N) is 1. The van der Waals surface area contributed by atoms with Crippen LogP contribution < -0.4 is 10.1 Å². The molecule has 1 aromatic heterocycles. The number of hydrogen-bond donors (Lipinski definition) is 1. The number of alkyl halides is 1. The lowest BCUT2D eigenvalue weighted by Crippen LogP contribution is -2.08. The van der Waals surface area contributed by atoms with E-state index in [1.165, 1.54) is 0 Å². The van der Waals surface area contributed by atoms with Crippen LogP contribution in [0.2, 0.25) is 0 Å². The van der Waals surface area contributed by atoms with Crippen LogP contribution in [-0.2, 0) is 0 Å². The third-order valence-electron chi connectivity index (χ3n) is 1.83. The third-order valence-corrected chi connectivity index (χ3v) is 2.04. The summed E-state index contributed by atoms with van der Waals surface area (Å²) < 4.78 is 5.14. The van der Waals surface area contributed by atoms with Gasteiger partial charge in [-0.2, -0.15) is 0 Å². The Hall–Kier alpha value is -0.960. The van der Waals surface area contributed by atoms with Gasteiger partial charge in [0.1, 0.15) is 0 Å². The normalized spacial score (nSPS) is 12.2. The van der Waals surface area contributed by atoms with Gasteiger partial charge in [-0.25, -0.2) is 4.98 Å². The quantitative estimate of drug-likeness (QED) is 0.765. The predicted molar refractivity (Wildman–Crippen MR) is 59.2 cm³/mol. The van der Waals surface area contributed by atoms with Crippen molar-refractivity contribution in [2.45, 2.75) is 18.7 Å². The average Bonchev–Trinajstić information content (AvgIpc) is 2.18. The van der Waals surface area contributed by atoms with Gasteiger partial charge >= 0.3 is 0 Å². The molecule has 3 nitrogen and oxygen atoms in total. The Bertz CT molecular complexity index is 279. The second-order valence-corrected chi connectivity index (χ2v) is 3.80. The van der Waals surface area contributed by atoms with Gasteiger partial charge in [0.2, 0.25) is 0 Å².